The summed E-state index contributed by atoms with van der Waals surface area (Å²) in [5.41, 5.74) is 2.74. The lowest BCUT2D eigenvalue weighted by atomic mass is 9.78. The number of Topliss-reactive ketones (excluding diaryl/α,β-unsaturated/α-hetero) is 1. The Morgan fingerprint density at radius 3 is 2.66 bits per heavy atom. The fourth-order valence-corrected chi connectivity index (χ4v) is 6.26. The molecule has 2 N–H and O–H groups in total. The number of rotatable bonds is 5. The number of esters is 1. The van der Waals surface area contributed by atoms with Gasteiger partial charge in [0.25, 0.3) is 0 Å². The summed E-state index contributed by atoms with van der Waals surface area (Å²) < 4.78 is 23.5. The summed E-state index contributed by atoms with van der Waals surface area (Å²) in [5.74, 6) is 0.139. The predicted octanol–water partition coefficient (Wildman–Crippen LogP) is 4.66. The van der Waals surface area contributed by atoms with Gasteiger partial charge in [-0.05, 0) is 87.0 Å². The largest absolute Gasteiger partial charge is 0.458 e. The van der Waals surface area contributed by atoms with E-state index in [9.17, 15) is 19.8 Å². The van der Waals surface area contributed by atoms with Gasteiger partial charge in [-0.1, -0.05) is 43.4 Å². The number of ketones is 1. The normalized spacial score (nSPS) is 37.3. The van der Waals surface area contributed by atoms with Gasteiger partial charge in [0.15, 0.2) is 12.1 Å². The molecule has 2 heterocycles. The van der Waals surface area contributed by atoms with Gasteiger partial charge in [0.2, 0.25) is 0 Å². The molecule has 2 aliphatic heterocycles. The van der Waals surface area contributed by atoms with Crippen LogP contribution in [0.2, 0.25) is 0 Å². The maximum atomic E-state index is 13.0. The number of allylic oxidation sites excluding steroid dienone is 8. The van der Waals surface area contributed by atoms with Crippen molar-refractivity contribution >= 4 is 11.8 Å². The van der Waals surface area contributed by atoms with E-state index in [1.54, 1.807) is 6.92 Å². The lowest BCUT2D eigenvalue weighted by Gasteiger charge is -2.41. The summed E-state index contributed by atoms with van der Waals surface area (Å²) >= 11 is 0. The molecule has 41 heavy (non-hydrogen) atoms. The molecule has 0 radical (unpaired) electrons. The lowest BCUT2D eigenvalue weighted by Crippen LogP contribution is -2.58. The van der Waals surface area contributed by atoms with Crippen LogP contribution >= 0.6 is 0 Å². The van der Waals surface area contributed by atoms with Crippen molar-refractivity contribution in [2.24, 2.45) is 11.8 Å². The topological polar surface area (TPSA) is 112 Å². The monoisotopic (exact) mass is 570 g/mol. The summed E-state index contributed by atoms with van der Waals surface area (Å²) in [6.07, 6.45) is 14.4. The Labute approximate surface area is 243 Å². The van der Waals surface area contributed by atoms with Crippen LogP contribution in [0.5, 0.6) is 0 Å². The molecule has 4 rings (SSSR count). The fourth-order valence-electron chi connectivity index (χ4n) is 6.26. The summed E-state index contributed by atoms with van der Waals surface area (Å²) in [5, 5.41) is 20.7. The van der Waals surface area contributed by atoms with Crippen molar-refractivity contribution in [2.45, 2.75) is 115 Å². The molecule has 0 unspecified atom stereocenters. The number of hydrogen-bond donors (Lipinski definition) is 2. The molecule has 1 saturated heterocycles. The number of aliphatic hydroxyl groups is 2. The zero-order valence-electron chi connectivity index (χ0n) is 24.7. The first-order chi connectivity index (χ1) is 19.7. The highest BCUT2D eigenvalue weighted by Crippen LogP contribution is 2.46. The third-order valence-corrected chi connectivity index (χ3v) is 8.66. The van der Waals surface area contributed by atoms with E-state index in [0.29, 0.717) is 19.3 Å². The molecule has 226 valence electrons. The summed E-state index contributed by atoms with van der Waals surface area (Å²) in [7, 11) is 1.47. The molecular formula is C33H46O8. The van der Waals surface area contributed by atoms with Crippen molar-refractivity contribution in [2.75, 3.05) is 7.11 Å². The first-order valence-electron chi connectivity index (χ1n) is 15.1. The van der Waals surface area contributed by atoms with Crippen molar-refractivity contribution in [1.82, 2.24) is 0 Å². The molecule has 9 atom stereocenters. The number of hydrogen-bond acceptors (Lipinski definition) is 8. The fraction of sp³-hybridized carbons (Fsp3) is 0.636. The molecule has 0 spiro atoms. The number of methoxy groups -OCH3 is 1. The van der Waals surface area contributed by atoms with Crippen LogP contribution in [0.25, 0.3) is 0 Å². The number of carbonyl (C=O) groups is 2. The number of cyclic esters (lactones) is 1. The Balaban J connectivity index is 1.54. The Hall–Kier alpha value is -2.36. The molecule has 0 aromatic carbocycles. The molecule has 1 saturated carbocycles. The maximum Gasteiger partial charge on any atom is 0.310 e. The first-order valence-corrected chi connectivity index (χ1v) is 15.1. The van der Waals surface area contributed by atoms with Gasteiger partial charge in [0.1, 0.15) is 24.4 Å². The van der Waals surface area contributed by atoms with E-state index in [-0.39, 0.29) is 42.2 Å². The van der Waals surface area contributed by atoms with Crippen LogP contribution in [0, 0.1) is 11.8 Å². The number of ether oxygens (including phenoxy) is 4. The van der Waals surface area contributed by atoms with Crippen LogP contribution < -0.4 is 0 Å². The van der Waals surface area contributed by atoms with Crippen molar-refractivity contribution < 1.29 is 38.7 Å². The zero-order chi connectivity index (χ0) is 29.5. The van der Waals surface area contributed by atoms with E-state index in [1.807, 2.05) is 43.4 Å². The van der Waals surface area contributed by atoms with Crippen molar-refractivity contribution in [3.05, 3.63) is 59.3 Å². The summed E-state index contributed by atoms with van der Waals surface area (Å²) in [6.45, 7) is 5.62. The van der Waals surface area contributed by atoms with Crippen LogP contribution in [-0.2, 0) is 28.5 Å². The minimum absolute atomic E-state index is 0.0958. The second-order valence-corrected chi connectivity index (χ2v) is 11.6. The van der Waals surface area contributed by atoms with E-state index in [1.165, 1.54) is 7.11 Å². The van der Waals surface area contributed by atoms with Crippen LogP contribution in [-0.4, -0.2) is 72.0 Å². The first kappa shape index (κ1) is 31.6. The molecule has 0 aromatic rings. The van der Waals surface area contributed by atoms with Crippen molar-refractivity contribution in [3.8, 4) is 0 Å². The van der Waals surface area contributed by atoms with Gasteiger partial charge < -0.3 is 29.2 Å². The third kappa shape index (κ3) is 7.93. The minimum atomic E-state index is -1.11. The van der Waals surface area contributed by atoms with E-state index in [0.717, 1.165) is 42.4 Å². The molecule has 4 aliphatic rings. The van der Waals surface area contributed by atoms with Gasteiger partial charge in [-0.2, -0.15) is 0 Å². The highest BCUT2D eigenvalue weighted by molar-refractivity contribution is 5.95. The van der Waals surface area contributed by atoms with Gasteiger partial charge >= 0.3 is 5.97 Å². The SMILES string of the molecule is CCC=C[C@H]1CCCC=C(C)C(=O)CC=C2C(=CCC(=O)O1)C=C[C@@H]1C[C@@H](O[C@@H]3O[C@@H](C)[C@H](O)[C@@H](O)[C@H]3OC)C[C@@H]21. The Morgan fingerprint density at radius 2 is 1.90 bits per heavy atom. The van der Waals surface area contributed by atoms with Gasteiger partial charge in [0.05, 0.1) is 18.6 Å². The molecule has 2 aliphatic carbocycles. The van der Waals surface area contributed by atoms with E-state index < -0.39 is 30.7 Å². The summed E-state index contributed by atoms with van der Waals surface area (Å²) in [6, 6.07) is 0. The van der Waals surface area contributed by atoms with E-state index in [4.69, 9.17) is 18.9 Å². The zero-order valence-corrected chi connectivity index (χ0v) is 24.7. The van der Waals surface area contributed by atoms with Crippen molar-refractivity contribution in [1.29, 1.82) is 0 Å². The van der Waals surface area contributed by atoms with Crippen molar-refractivity contribution in [3.63, 3.8) is 0 Å². The van der Waals surface area contributed by atoms with Crippen LogP contribution in [0.4, 0.5) is 0 Å². The molecule has 0 bridgehead atoms. The van der Waals surface area contributed by atoms with Crippen LogP contribution in [0.15, 0.2) is 59.3 Å². The third-order valence-electron chi connectivity index (χ3n) is 8.66. The number of aliphatic hydroxyl groups excluding tert-OH is 2. The molecule has 0 aromatic heterocycles. The highest BCUT2D eigenvalue weighted by atomic mass is 16.7. The standard InChI is InChI=1S/C33H46O8/c1-5-6-10-24-11-8-7-9-20(2)28(34)16-15-26-22(14-17-29(35)40-24)12-13-23-18-25(19-27(23)26)41-33-32(38-4)31(37)30(36)21(3)39-33/h6,9-10,12-15,21,23-25,27,30-33,36-37H,5,7-8,11,16-19H2,1-4H3/t21-,23+,24-,25+,27+,30-,31+,32+,33-/m0/s1. The quantitative estimate of drug-likeness (QED) is 0.363. The predicted molar refractivity (Wildman–Crippen MR) is 155 cm³/mol. The maximum absolute atomic E-state index is 13.0. The van der Waals surface area contributed by atoms with Crippen LogP contribution in [0.1, 0.15) is 72.1 Å². The Morgan fingerprint density at radius 1 is 1.10 bits per heavy atom. The molecule has 8 heteroatoms. The Bertz CT molecular complexity index is 1080. The van der Waals surface area contributed by atoms with E-state index in [2.05, 4.69) is 13.0 Å². The average molecular weight is 571 g/mol. The minimum Gasteiger partial charge on any atom is -0.458 e. The van der Waals surface area contributed by atoms with Crippen LogP contribution in [0.3, 0.4) is 0 Å². The van der Waals surface area contributed by atoms with Gasteiger partial charge in [-0.3, -0.25) is 9.59 Å². The van der Waals surface area contributed by atoms with E-state index >= 15 is 0 Å². The second kappa shape index (κ2) is 14.7. The Kier molecular flexibility index (Phi) is 11.3. The average Bonchev–Trinajstić information content (AvgIpc) is 3.36. The molecule has 2 fully saturated rings. The van der Waals surface area contributed by atoms with Gasteiger partial charge in [-0.25, -0.2) is 0 Å². The molecular weight excluding hydrogens is 524 g/mol. The smallest absolute Gasteiger partial charge is 0.310 e. The van der Waals surface area contributed by atoms with Gasteiger partial charge in [-0.15, -0.1) is 0 Å². The highest BCUT2D eigenvalue weighted by Gasteiger charge is 2.46. The number of fused-ring (bicyclic) bond motifs is 3. The summed E-state index contributed by atoms with van der Waals surface area (Å²) in [4.78, 5) is 25.8. The molecule has 8 nitrogen and oxygen atoms in total. The number of carbonyl (C=O) groups excluding carboxylic acids is 2. The lowest BCUT2D eigenvalue weighted by molar-refractivity contribution is -0.308. The second-order valence-electron chi connectivity index (χ2n) is 11.6. The molecule has 0 amide bonds. The van der Waals surface area contributed by atoms with Gasteiger partial charge in [0, 0.05) is 13.5 Å².